The molecule has 0 N–H and O–H groups in total. The topological polar surface area (TPSA) is 20.3 Å². The summed E-state index contributed by atoms with van der Waals surface area (Å²) in [7, 11) is 0. The number of benzene rings is 3. The van der Waals surface area contributed by atoms with Gasteiger partial charge < -0.3 is 4.90 Å². The summed E-state index contributed by atoms with van der Waals surface area (Å²) in [6, 6.07) is 33.7. The third-order valence-corrected chi connectivity index (χ3v) is 5.17. The molecule has 0 aliphatic rings. The van der Waals surface area contributed by atoms with E-state index in [1.54, 1.807) is 0 Å². The lowest BCUT2D eigenvalue weighted by Crippen LogP contribution is -2.07. The molecule has 0 bridgehead atoms. The number of carbonyl (C=O) groups excluding carboxylic acids is 1. The van der Waals surface area contributed by atoms with E-state index in [4.69, 9.17) is 0 Å². The Balaban J connectivity index is 1.74. The Bertz CT molecular complexity index is 955. The molecule has 3 aromatic carbocycles. The minimum atomic E-state index is 0.0583. The van der Waals surface area contributed by atoms with Gasteiger partial charge in [-0.1, -0.05) is 66.7 Å². The summed E-state index contributed by atoms with van der Waals surface area (Å²) in [5, 5.41) is 1.02. The van der Waals surface area contributed by atoms with Crippen molar-refractivity contribution in [3.05, 3.63) is 114 Å². The second-order valence-electron chi connectivity index (χ2n) is 5.84. The van der Waals surface area contributed by atoms with E-state index in [0.717, 1.165) is 21.3 Å². The highest BCUT2D eigenvalue weighted by Gasteiger charge is 2.17. The van der Waals surface area contributed by atoms with Gasteiger partial charge in [-0.05, 0) is 36.4 Å². The van der Waals surface area contributed by atoms with Crippen LogP contribution in [-0.2, 0) is 0 Å². The summed E-state index contributed by atoms with van der Waals surface area (Å²) in [6.45, 7) is 0. The zero-order valence-corrected chi connectivity index (χ0v) is 14.9. The normalized spacial score (nSPS) is 10.5. The fraction of sp³-hybridized carbons (Fsp3) is 0. The fourth-order valence-corrected chi connectivity index (χ4v) is 3.87. The van der Waals surface area contributed by atoms with Crippen LogP contribution in [0.25, 0.3) is 0 Å². The van der Waals surface area contributed by atoms with E-state index in [1.165, 1.54) is 11.3 Å². The van der Waals surface area contributed by atoms with Crippen molar-refractivity contribution in [2.75, 3.05) is 4.90 Å². The SMILES string of the molecule is O=C(c1ccccc1)c1ccc(N(c2ccccc2)c2ccccc2)s1. The highest BCUT2D eigenvalue weighted by atomic mass is 32.1. The third kappa shape index (κ3) is 3.30. The number of nitrogens with zero attached hydrogens (tertiary/aromatic N) is 1. The van der Waals surface area contributed by atoms with E-state index in [1.807, 2.05) is 78.9 Å². The van der Waals surface area contributed by atoms with Gasteiger partial charge in [-0.3, -0.25) is 4.79 Å². The Labute approximate surface area is 157 Å². The number of carbonyl (C=O) groups is 1. The van der Waals surface area contributed by atoms with E-state index in [9.17, 15) is 4.79 Å². The van der Waals surface area contributed by atoms with Gasteiger partial charge in [0.1, 0.15) is 5.00 Å². The van der Waals surface area contributed by atoms with Gasteiger partial charge in [0.15, 0.2) is 0 Å². The minimum Gasteiger partial charge on any atom is -0.302 e. The molecular weight excluding hydrogens is 338 g/mol. The van der Waals surface area contributed by atoms with Gasteiger partial charge in [-0.2, -0.15) is 0 Å². The molecule has 0 atom stereocenters. The molecule has 3 heteroatoms. The van der Waals surface area contributed by atoms with Crippen LogP contribution in [-0.4, -0.2) is 5.78 Å². The Morgan fingerprint density at radius 3 is 1.65 bits per heavy atom. The minimum absolute atomic E-state index is 0.0583. The zero-order valence-electron chi connectivity index (χ0n) is 14.1. The molecule has 0 radical (unpaired) electrons. The van der Waals surface area contributed by atoms with Crippen LogP contribution in [0.2, 0.25) is 0 Å². The molecule has 4 aromatic rings. The first-order valence-electron chi connectivity index (χ1n) is 8.43. The van der Waals surface area contributed by atoms with Crippen molar-refractivity contribution in [1.29, 1.82) is 0 Å². The zero-order chi connectivity index (χ0) is 17.8. The first-order chi connectivity index (χ1) is 12.8. The van der Waals surface area contributed by atoms with Gasteiger partial charge in [0, 0.05) is 16.9 Å². The van der Waals surface area contributed by atoms with E-state index >= 15 is 0 Å². The van der Waals surface area contributed by atoms with Crippen molar-refractivity contribution < 1.29 is 4.79 Å². The number of anilines is 3. The number of ketones is 1. The molecule has 126 valence electrons. The number of rotatable bonds is 5. The number of para-hydroxylation sites is 2. The smallest absolute Gasteiger partial charge is 0.203 e. The monoisotopic (exact) mass is 355 g/mol. The highest BCUT2D eigenvalue weighted by molar-refractivity contribution is 7.18. The third-order valence-electron chi connectivity index (χ3n) is 4.10. The van der Waals surface area contributed by atoms with E-state index in [-0.39, 0.29) is 5.78 Å². The molecule has 2 nitrogen and oxygen atoms in total. The van der Waals surface area contributed by atoms with E-state index in [2.05, 4.69) is 29.2 Å². The molecule has 0 saturated heterocycles. The largest absolute Gasteiger partial charge is 0.302 e. The Morgan fingerprint density at radius 2 is 1.12 bits per heavy atom. The van der Waals surface area contributed by atoms with Gasteiger partial charge >= 0.3 is 0 Å². The molecule has 0 fully saturated rings. The summed E-state index contributed by atoms with van der Waals surface area (Å²) in [6.07, 6.45) is 0. The number of hydrogen-bond acceptors (Lipinski definition) is 3. The van der Waals surface area contributed by atoms with E-state index in [0.29, 0.717) is 5.56 Å². The average Bonchev–Trinajstić information content (AvgIpc) is 3.19. The first kappa shape index (κ1) is 16.3. The molecule has 0 saturated carbocycles. The van der Waals surface area contributed by atoms with E-state index < -0.39 is 0 Å². The summed E-state index contributed by atoms with van der Waals surface area (Å²) >= 11 is 1.51. The lowest BCUT2D eigenvalue weighted by Gasteiger charge is -2.23. The molecule has 0 amide bonds. The molecule has 1 aromatic heterocycles. The van der Waals surface area contributed by atoms with Gasteiger partial charge in [0.2, 0.25) is 5.78 Å². The quantitative estimate of drug-likeness (QED) is 0.383. The highest BCUT2D eigenvalue weighted by Crippen LogP contribution is 2.38. The van der Waals surface area contributed by atoms with Crippen molar-refractivity contribution >= 4 is 33.5 Å². The van der Waals surface area contributed by atoms with Crippen LogP contribution in [0, 0.1) is 0 Å². The van der Waals surface area contributed by atoms with Gasteiger partial charge in [-0.15, -0.1) is 11.3 Å². The van der Waals surface area contributed by atoms with Crippen LogP contribution in [0.1, 0.15) is 15.2 Å². The van der Waals surface area contributed by atoms with Crippen molar-refractivity contribution in [3.63, 3.8) is 0 Å². The summed E-state index contributed by atoms with van der Waals surface area (Å²) < 4.78 is 0. The molecule has 0 aliphatic heterocycles. The maximum atomic E-state index is 12.7. The second kappa shape index (κ2) is 7.38. The fourth-order valence-electron chi connectivity index (χ4n) is 2.86. The molecule has 26 heavy (non-hydrogen) atoms. The van der Waals surface area contributed by atoms with Crippen LogP contribution in [0.4, 0.5) is 16.4 Å². The molecular formula is C23H17NOS. The predicted molar refractivity (Wildman–Crippen MR) is 109 cm³/mol. The molecule has 0 unspecified atom stereocenters. The van der Waals surface area contributed by atoms with Crippen LogP contribution in [0.5, 0.6) is 0 Å². The summed E-state index contributed by atoms with van der Waals surface area (Å²) in [5.74, 6) is 0.0583. The molecule has 4 rings (SSSR count). The van der Waals surface area contributed by atoms with Crippen molar-refractivity contribution in [2.24, 2.45) is 0 Å². The van der Waals surface area contributed by atoms with Crippen molar-refractivity contribution in [2.45, 2.75) is 0 Å². The van der Waals surface area contributed by atoms with Crippen LogP contribution in [0.15, 0.2) is 103 Å². The first-order valence-corrected chi connectivity index (χ1v) is 9.24. The number of thiophene rings is 1. The summed E-state index contributed by atoms with van der Waals surface area (Å²) in [4.78, 5) is 15.7. The summed E-state index contributed by atoms with van der Waals surface area (Å²) in [5.41, 5.74) is 2.85. The lowest BCUT2D eigenvalue weighted by atomic mass is 10.1. The Kier molecular flexibility index (Phi) is 4.63. The average molecular weight is 355 g/mol. The Morgan fingerprint density at radius 1 is 0.615 bits per heavy atom. The van der Waals surface area contributed by atoms with Gasteiger partial charge in [0.05, 0.1) is 4.88 Å². The van der Waals surface area contributed by atoms with Crippen molar-refractivity contribution in [3.8, 4) is 0 Å². The maximum absolute atomic E-state index is 12.7. The molecule has 1 heterocycles. The van der Waals surface area contributed by atoms with Crippen LogP contribution >= 0.6 is 11.3 Å². The predicted octanol–water partition coefficient (Wildman–Crippen LogP) is 6.45. The van der Waals surface area contributed by atoms with Crippen LogP contribution in [0.3, 0.4) is 0 Å². The van der Waals surface area contributed by atoms with Gasteiger partial charge in [0.25, 0.3) is 0 Å². The Hall–Kier alpha value is -3.17. The second-order valence-corrected chi connectivity index (χ2v) is 6.90. The molecule has 0 spiro atoms. The van der Waals surface area contributed by atoms with Gasteiger partial charge in [-0.25, -0.2) is 0 Å². The molecule has 0 aliphatic carbocycles. The lowest BCUT2D eigenvalue weighted by molar-refractivity contribution is 0.104. The van der Waals surface area contributed by atoms with Crippen LogP contribution < -0.4 is 4.90 Å². The standard InChI is InChI=1S/C23H17NOS/c25-23(18-10-4-1-5-11-18)21-16-17-22(26-21)24(19-12-6-2-7-13-19)20-14-8-3-9-15-20/h1-17H. The number of hydrogen-bond donors (Lipinski definition) is 0. The maximum Gasteiger partial charge on any atom is 0.203 e. The van der Waals surface area contributed by atoms with Crippen molar-refractivity contribution in [1.82, 2.24) is 0 Å².